The first kappa shape index (κ1) is 14.0. The maximum absolute atomic E-state index is 13.7. The van der Waals surface area contributed by atoms with Crippen LogP contribution in [0, 0.1) is 23.5 Å². The van der Waals surface area contributed by atoms with Gasteiger partial charge in [0.15, 0.2) is 0 Å². The van der Waals surface area contributed by atoms with Gasteiger partial charge in [0.2, 0.25) is 5.91 Å². The van der Waals surface area contributed by atoms with Crippen molar-refractivity contribution in [1.82, 2.24) is 4.90 Å². The van der Waals surface area contributed by atoms with Crippen LogP contribution in [0.15, 0.2) is 18.2 Å². The largest absolute Gasteiger partial charge is 0.481 e. The third-order valence-corrected chi connectivity index (χ3v) is 4.32. The lowest BCUT2D eigenvalue weighted by atomic mass is 10.1. The molecule has 0 aromatic heterocycles. The van der Waals surface area contributed by atoms with E-state index in [-0.39, 0.29) is 24.3 Å². The normalized spacial score (nSPS) is 27.7. The van der Waals surface area contributed by atoms with E-state index in [2.05, 4.69) is 0 Å². The molecule has 0 bridgehead atoms. The molecule has 3 rings (SSSR count). The number of likely N-dealkylation sites (tertiary alicyclic amines) is 1. The van der Waals surface area contributed by atoms with Gasteiger partial charge in [0.1, 0.15) is 11.6 Å². The van der Waals surface area contributed by atoms with Gasteiger partial charge in [-0.1, -0.05) is 6.07 Å². The minimum atomic E-state index is -0.887. The van der Waals surface area contributed by atoms with Crippen LogP contribution in [0.2, 0.25) is 0 Å². The number of hydrogen-bond donors (Lipinski definition) is 1. The van der Waals surface area contributed by atoms with Crippen molar-refractivity contribution in [2.24, 2.45) is 11.8 Å². The predicted octanol–water partition coefficient (Wildman–Crippen LogP) is 2.00. The topological polar surface area (TPSA) is 57.6 Å². The van der Waals surface area contributed by atoms with Crippen molar-refractivity contribution in [3.8, 4) is 0 Å². The summed E-state index contributed by atoms with van der Waals surface area (Å²) >= 11 is 0. The molecule has 1 aromatic rings. The second-order valence-corrected chi connectivity index (χ2v) is 5.72. The molecular weight excluding hydrogens is 280 g/mol. The van der Waals surface area contributed by atoms with Crippen LogP contribution in [-0.4, -0.2) is 35.0 Å². The van der Waals surface area contributed by atoms with E-state index in [9.17, 15) is 18.4 Å². The molecule has 2 fully saturated rings. The van der Waals surface area contributed by atoms with Crippen LogP contribution in [-0.2, 0) is 9.59 Å². The van der Waals surface area contributed by atoms with Crippen LogP contribution in [0.25, 0.3) is 0 Å². The Morgan fingerprint density at radius 1 is 1.29 bits per heavy atom. The number of carboxylic acids is 1. The lowest BCUT2D eigenvalue weighted by Gasteiger charge is -2.15. The fraction of sp³-hybridized carbons (Fsp3) is 0.467. The average molecular weight is 295 g/mol. The Morgan fingerprint density at radius 2 is 2.05 bits per heavy atom. The minimum absolute atomic E-state index is 0.118. The molecule has 3 unspecified atom stereocenters. The number of amides is 1. The third kappa shape index (κ3) is 2.62. The van der Waals surface area contributed by atoms with Gasteiger partial charge in [-0.3, -0.25) is 9.59 Å². The van der Waals surface area contributed by atoms with E-state index in [0.717, 1.165) is 6.07 Å². The van der Waals surface area contributed by atoms with Crippen molar-refractivity contribution >= 4 is 11.9 Å². The van der Waals surface area contributed by atoms with E-state index >= 15 is 0 Å². The zero-order chi connectivity index (χ0) is 15.1. The average Bonchev–Trinajstić information content (AvgIpc) is 3.04. The van der Waals surface area contributed by atoms with Crippen LogP contribution in [0.4, 0.5) is 8.78 Å². The van der Waals surface area contributed by atoms with Gasteiger partial charge in [0.05, 0.1) is 5.92 Å². The van der Waals surface area contributed by atoms with E-state index in [0.29, 0.717) is 24.9 Å². The lowest BCUT2D eigenvalue weighted by molar-refractivity contribution is -0.141. The number of carbonyl (C=O) groups excluding carboxylic acids is 1. The maximum Gasteiger partial charge on any atom is 0.308 e. The highest BCUT2D eigenvalue weighted by molar-refractivity contribution is 5.84. The molecule has 1 saturated heterocycles. The summed E-state index contributed by atoms with van der Waals surface area (Å²) in [4.78, 5) is 24.7. The van der Waals surface area contributed by atoms with Crippen LogP contribution >= 0.6 is 0 Å². The zero-order valence-corrected chi connectivity index (χ0v) is 11.3. The van der Waals surface area contributed by atoms with Gasteiger partial charge in [0.25, 0.3) is 0 Å². The van der Waals surface area contributed by atoms with Gasteiger partial charge in [-0.05, 0) is 30.4 Å². The molecule has 21 heavy (non-hydrogen) atoms. The molecule has 1 amide bonds. The Kier molecular flexibility index (Phi) is 3.39. The van der Waals surface area contributed by atoms with Crippen molar-refractivity contribution in [3.05, 3.63) is 35.4 Å². The Morgan fingerprint density at radius 3 is 2.67 bits per heavy atom. The van der Waals surface area contributed by atoms with Crippen LogP contribution < -0.4 is 0 Å². The zero-order valence-electron chi connectivity index (χ0n) is 11.3. The van der Waals surface area contributed by atoms with Crippen LogP contribution in [0.3, 0.4) is 0 Å². The van der Waals surface area contributed by atoms with Gasteiger partial charge in [0, 0.05) is 25.1 Å². The van der Waals surface area contributed by atoms with Crippen LogP contribution in [0.1, 0.15) is 24.3 Å². The standard InChI is InChI=1S/C15H15F2NO3/c16-9-1-2-10(13(17)5-9)11-6-12(11)14(19)18-4-3-8(7-18)15(20)21/h1-2,5,8,11-12H,3-4,6-7H2,(H,20,21). The second-order valence-electron chi connectivity index (χ2n) is 5.72. The number of rotatable bonds is 3. The summed E-state index contributed by atoms with van der Waals surface area (Å²) in [6.07, 6.45) is 0.999. The molecule has 4 nitrogen and oxygen atoms in total. The molecular formula is C15H15F2NO3. The molecule has 0 spiro atoms. The molecule has 2 aliphatic rings. The minimum Gasteiger partial charge on any atom is -0.481 e. The fourth-order valence-corrected chi connectivity index (χ4v) is 3.01. The number of hydrogen-bond acceptors (Lipinski definition) is 2. The number of carbonyl (C=O) groups is 2. The fourth-order valence-electron chi connectivity index (χ4n) is 3.01. The Hall–Kier alpha value is -1.98. The Bertz CT molecular complexity index is 605. The highest BCUT2D eigenvalue weighted by atomic mass is 19.1. The summed E-state index contributed by atoms with van der Waals surface area (Å²) in [7, 11) is 0. The number of benzene rings is 1. The van der Waals surface area contributed by atoms with Crippen molar-refractivity contribution in [1.29, 1.82) is 0 Å². The van der Waals surface area contributed by atoms with Crippen LogP contribution in [0.5, 0.6) is 0 Å². The summed E-state index contributed by atoms with van der Waals surface area (Å²) in [5.41, 5.74) is 0.365. The highest BCUT2D eigenvalue weighted by Gasteiger charge is 2.48. The van der Waals surface area contributed by atoms with Crippen molar-refractivity contribution in [3.63, 3.8) is 0 Å². The van der Waals surface area contributed by atoms with E-state index in [1.807, 2.05) is 0 Å². The molecule has 0 radical (unpaired) electrons. The molecule has 112 valence electrons. The first-order valence-electron chi connectivity index (χ1n) is 6.94. The first-order valence-corrected chi connectivity index (χ1v) is 6.94. The maximum atomic E-state index is 13.7. The monoisotopic (exact) mass is 295 g/mol. The van der Waals surface area contributed by atoms with Gasteiger partial charge in [-0.15, -0.1) is 0 Å². The molecule has 1 aromatic carbocycles. The van der Waals surface area contributed by atoms with E-state index in [1.54, 1.807) is 4.90 Å². The molecule has 1 N–H and O–H groups in total. The number of nitrogens with zero attached hydrogens (tertiary/aromatic N) is 1. The number of aliphatic carboxylic acids is 1. The smallest absolute Gasteiger partial charge is 0.308 e. The Balaban J connectivity index is 1.65. The summed E-state index contributed by atoms with van der Waals surface area (Å²) in [5.74, 6) is -3.30. The van der Waals surface area contributed by atoms with Crippen molar-refractivity contribution in [2.45, 2.75) is 18.8 Å². The van der Waals surface area contributed by atoms with E-state index in [1.165, 1.54) is 12.1 Å². The van der Waals surface area contributed by atoms with Gasteiger partial charge in [-0.25, -0.2) is 8.78 Å². The van der Waals surface area contributed by atoms with Crippen molar-refractivity contribution < 1.29 is 23.5 Å². The quantitative estimate of drug-likeness (QED) is 0.928. The predicted molar refractivity (Wildman–Crippen MR) is 69.5 cm³/mol. The summed E-state index contributed by atoms with van der Waals surface area (Å²) in [6, 6.07) is 3.40. The van der Waals surface area contributed by atoms with E-state index < -0.39 is 23.5 Å². The van der Waals surface area contributed by atoms with Gasteiger partial charge in [-0.2, -0.15) is 0 Å². The molecule has 1 aliphatic carbocycles. The molecule has 1 heterocycles. The molecule has 1 aliphatic heterocycles. The molecule has 3 atom stereocenters. The molecule has 1 saturated carbocycles. The SMILES string of the molecule is O=C(O)C1CCN(C(=O)C2CC2c2ccc(F)cc2F)C1. The number of halogens is 2. The van der Waals surface area contributed by atoms with Gasteiger partial charge >= 0.3 is 5.97 Å². The first-order chi connectivity index (χ1) is 9.97. The van der Waals surface area contributed by atoms with E-state index in [4.69, 9.17) is 5.11 Å². The van der Waals surface area contributed by atoms with Gasteiger partial charge < -0.3 is 10.0 Å². The summed E-state index contributed by atoms with van der Waals surface area (Å²) < 4.78 is 26.6. The van der Waals surface area contributed by atoms with Crippen molar-refractivity contribution in [2.75, 3.05) is 13.1 Å². The lowest BCUT2D eigenvalue weighted by Crippen LogP contribution is -2.31. The number of carboxylic acid groups (broad SMARTS) is 1. The third-order valence-electron chi connectivity index (χ3n) is 4.32. The second kappa shape index (κ2) is 5.09. The molecule has 6 heteroatoms. The summed E-state index contributed by atoms with van der Waals surface area (Å²) in [5, 5.41) is 8.94. The Labute approximate surface area is 120 Å². The summed E-state index contributed by atoms with van der Waals surface area (Å²) in [6.45, 7) is 0.661. The highest BCUT2D eigenvalue weighted by Crippen LogP contribution is 2.49.